The molecular weight excluding hydrogens is 635 g/mol. The van der Waals surface area contributed by atoms with Crippen LogP contribution in [-0.4, -0.2) is 24.9 Å². The summed E-state index contributed by atoms with van der Waals surface area (Å²) < 4.78 is 0. The van der Waals surface area contributed by atoms with Gasteiger partial charge in [0, 0.05) is 34.6 Å². The standard InChI is InChI=1S/C47H31N5/c1-3-14-34(15-4-1)44-46(51-45(35-16-5-2-6-17-35)47(52-44)38-26-23-32-13-7-8-18-37(32)29-38)36-24-21-33(22-25-36)39-30-42(40-19-9-11-27-48-40)50-43(31-39)41-20-10-12-28-49-41/h1-31H. The molecule has 4 heterocycles. The summed E-state index contributed by atoms with van der Waals surface area (Å²) in [5.41, 5.74) is 12.6. The van der Waals surface area contributed by atoms with Crippen molar-refractivity contribution >= 4 is 10.8 Å². The van der Waals surface area contributed by atoms with E-state index >= 15 is 0 Å². The van der Waals surface area contributed by atoms with Gasteiger partial charge in [-0.1, -0.05) is 133 Å². The average Bonchev–Trinajstić information content (AvgIpc) is 3.24. The van der Waals surface area contributed by atoms with Gasteiger partial charge < -0.3 is 0 Å². The minimum absolute atomic E-state index is 0.789. The van der Waals surface area contributed by atoms with Gasteiger partial charge in [0.05, 0.1) is 45.6 Å². The fourth-order valence-corrected chi connectivity index (χ4v) is 6.58. The van der Waals surface area contributed by atoms with Crippen LogP contribution in [0.5, 0.6) is 0 Å². The molecule has 0 saturated heterocycles. The van der Waals surface area contributed by atoms with Crippen molar-refractivity contribution in [3.63, 3.8) is 0 Å². The molecule has 0 aliphatic carbocycles. The molecule has 0 unspecified atom stereocenters. The number of aromatic nitrogens is 5. The Labute approximate surface area is 302 Å². The van der Waals surface area contributed by atoms with Crippen molar-refractivity contribution in [1.29, 1.82) is 0 Å². The first-order chi connectivity index (χ1) is 25.8. The maximum absolute atomic E-state index is 5.47. The Hall–Kier alpha value is -7.11. The molecule has 4 aromatic heterocycles. The van der Waals surface area contributed by atoms with E-state index in [1.165, 1.54) is 5.39 Å². The maximum atomic E-state index is 5.47. The molecule has 9 rings (SSSR count). The van der Waals surface area contributed by atoms with Gasteiger partial charge >= 0.3 is 0 Å². The number of hydrogen-bond acceptors (Lipinski definition) is 5. The van der Waals surface area contributed by atoms with Crippen molar-refractivity contribution in [2.45, 2.75) is 0 Å². The fourth-order valence-electron chi connectivity index (χ4n) is 6.58. The molecule has 0 aliphatic rings. The van der Waals surface area contributed by atoms with Crippen LogP contribution in [-0.2, 0) is 0 Å². The zero-order valence-corrected chi connectivity index (χ0v) is 28.1. The second kappa shape index (κ2) is 13.7. The van der Waals surface area contributed by atoms with Gasteiger partial charge in [-0.25, -0.2) is 15.0 Å². The van der Waals surface area contributed by atoms with Crippen LogP contribution in [0.4, 0.5) is 0 Å². The van der Waals surface area contributed by atoms with Crippen molar-refractivity contribution in [2.24, 2.45) is 0 Å². The first-order valence-electron chi connectivity index (χ1n) is 17.2. The molecule has 5 nitrogen and oxygen atoms in total. The van der Waals surface area contributed by atoms with Crippen LogP contribution in [0.15, 0.2) is 188 Å². The minimum atomic E-state index is 0.789. The van der Waals surface area contributed by atoms with Gasteiger partial charge in [-0.15, -0.1) is 0 Å². The van der Waals surface area contributed by atoms with E-state index in [-0.39, 0.29) is 0 Å². The second-order valence-corrected chi connectivity index (χ2v) is 12.5. The molecule has 5 aromatic carbocycles. The summed E-state index contributed by atoms with van der Waals surface area (Å²) >= 11 is 0. The van der Waals surface area contributed by atoms with Gasteiger partial charge in [-0.2, -0.15) is 0 Å². The van der Waals surface area contributed by atoms with Gasteiger partial charge in [0.1, 0.15) is 0 Å². The lowest BCUT2D eigenvalue weighted by molar-refractivity contribution is 1.21. The summed E-state index contributed by atoms with van der Waals surface area (Å²) in [7, 11) is 0. The molecule has 0 bridgehead atoms. The van der Waals surface area contributed by atoms with Crippen molar-refractivity contribution in [2.75, 3.05) is 0 Å². The van der Waals surface area contributed by atoms with Crippen molar-refractivity contribution in [3.8, 4) is 78.9 Å². The first-order valence-corrected chi connectivity index (χ1v) is 17.2. The molecule has 0 saturated carbocycles. The van der Waals surface area contributed by atoms with Gasteiger partial charge in [0.2, 0.25) is 0 Å². The van der Waals surface area contributed by atoms with E-state index in [0.717, 1.165) is 84.3 Å². The Balaban J connectivity index is 1.20. The number of nitrogens with zero attached hydrogens (tertiary/aromatic N) is 5. The van der Waals surface area contributed by atoms with E-state index in [9.17, 15) is 0 Å². The smallest absolute Gasteiger partial charge is 0.0973 e. The van der Waals surface area contributed by atoms with Crippen molar-refractivity contribution in [3.05, 3.63) is 188 Å². The zero-order chi connectivity index (χ0) is 34.7. The molecular formula is C47H31N5. The lowest BCUT2D eigenvalue weighted by atomic mass is 9.96. The number of pyridine rings is 3. The molecule has 0 spiro atoms. The third-order valence-corrected chi connectivity index (χ3v) is 9.18. The van der Waals surface area contributed by atoms with Gasteiger partial charge in [0.25, 0.3) is 0 Å². The van der Waals surface area contributed by atoms with Crippen LogP contribution in [0.3, 0.4) is 0 Å². The van der Waals surface area contributed by atoms with Crippen LogP contribution in [0.1, 0.15) is 0 Å². The lowest BCUT2D eigenvalue weighted by Crippen LogP contribution is -2.01. The number of hydrogen-bond donors (Lipinski definition) is 0. The molecule has 244 valence electrons. The van der Waals surface area contributed by atoms with E-state index in [1.807, 2.05) is 72.8 Å². The van der Waals surface area contributed by atoms with Crippen LogP contribution in [0, 0.1) is 0 Å². The summed E-state index contributed by atoms with van der Waals surface area (Å²) in [5, 5.41) is 2.35. The van der Waals surface area contributed by atoms with Crippen molar-refractivity contribution in [1.82, 2.24) is 24.9 Å². The average molecular weight is 666 g/mol. The summed E-state index contributed by atoms with van der Waals surface area (Å²) in [6, 6.07) is 60.1. The van der Waals surface area contributed by atoms with Gasteiger partial charge in [-0.3, -0.25) is 9.97 Å². The monoisotopic (exact) mass is 665 g/mol. The number of rotatable bonds is 7. The van der Waals surface area contributed by atoms with Crippen LogP contribution in [0.2, 0.25) is 0 Å². The Bertz CT molecular complexity index is 2590. The highest BCUT2D eigenvalue weighted by molar-refractivity contribution is 5.92. The summed E-state index contributed by atoms with van der Waals surface area (Å²) in [4.78, 5) is 25.1. The third kappa shape index (κ3) is 6.12. The highest BCUT2D eigenvalue weighted by Crippen LogP contribution is 2.39. The topological polar surface area (TPSA) is 64.5 Å². The molecule has 0 fully saturated rings. The minimum Gasteiger partial charge on any atom is -0.255 e. The number of fused-ring (bicyclic) bond motifs is 1. The van der Waals surface area contributed by atoms with E-state index < -0.39 is 0 Å². The molecule has 5 heteroatoms. The fraction of sp³-hybridized carbons (Fsp3) is 0. The van der Waals surface area contributed by atoms with Gasteiger partial charge in [0.15, 0.2) is 0 Å². The molecule has 9 aromatic rings. The Morgan fingerprint density at radius 3 is 1.23 bits per heavy atom. The number of benzene rings is 5. The summed E-state index contributed by atoms with van der Waals surface area (Å²) in [6.45, 7) is 0. The Morgan fingerprint density at radius 1 is 0.250 bits per heavy atom. The third-order valence-electron chi connectivity index (χ3n) is 9.18. The largest absolute Gasteiger partial charge is 0.255 e. The molecule has 0 amide bonds. The lowest BCUT2D eigenvalue weighted by Gasteiger charge is -2.17. The zero-order valence-electron chi connectivity index (χ0n) is 28.1. The van der Waals surface area contributed by atoms with Gasteiger partial charge in [-0.05, 0) is 64.4 Å². The highest BCUT2D eigenvalue weighted by Gasteiger charge is 2.20. The van der Waals surface area contributed by atoms with E-state index in [4.69, 9.17) is 15.0 Å². The quantitative estimate of drug-likeness (QED) is 0.169. The molecule has 0 N–H and O–H groups in total. The van der Waals surface area contributed by atoms with E-state index in [0.29, 0.717) is 0 Å². The Kier molecular flexibility index (Phi) is 8.12. The van der Waals surface area contributed by atoms with E-state index in [1.54, 1.807) is 12.4 Å². The predicted molar refractivity (Wildman–Crippen MR) is 211 cm³/mol. The Morgan fingerprint density at radius 2 is 0.692 bits per heavy atom. The summed E-state index contributed by atoms with van der Waals surface area (Å²) in [5.74, 6) is 0. The van der Waals surface area contributed by atoms with Crippen LogP contribution in [0.25, 0.3) is 89.7 Å². The van der Waals surface area contributed by atoms with Crippen LogP contribution >= 0.6 is 0 Å². The second-order valence-electron chi connectivity index (χ2n) is 12.5. The van der Waals surface area contributed by atoms with Crippen molar-refractivity contribution < 1.29 is 0 Å². The summed E-state index contributed by atoms with van der Waals surface area (Å²) in [6.07, 6.45) is 3.58. The molecule has 0 aliphatic heterocycles. The predicted octanol–water partition coefficient (Wildman–Crippen LogP) is 11.5. The normalized spacial score (nSPS) is 11.1. The molecule has 0 radical (unpaired) electrons. The molecule has 0 atom stereocenters. The maximum Gasteiger partial charge on any atom is 0.0973 e. The first kappa shape index (κ1) is 30.9. The SMILES string of the molecule is c1ccc(-c2nc(-c3ccc4ccccc4c3)c(-c3ccccc3)nc2-c2ccc(-c3cc(-c4ccccn4)nc(-c4ccccn4)c3)cc2)cc1. The molecule has 52 heavy (non-hydrogen) atoms. The van der Waals surface area contributed by atoms with Crippen LogP contribution < -0.4 is 0 Å². The highest BCUT2D eigenvalue weighted by atomic mass is 14.9. The van der Waals surface area contributed by atoms with E-state index in [2.05, 4.69) is 113 Å².